The molecule has 0 unspecified atom stereocenters. The molecule has 1 fully saturated rings. The van der Waals surface area contributed by atoms with Gasteiger partial charge < -0.3 is 15.1 Å². The van der Waals surface area contributed by atoms with Gasteiger partial charge in [0.1, 0.15) is 0 Å². The van der Waals surface area contributed by atoms with Crippen LogP contribution >= 0.6 is 11.6 Å². The first-order valence-corrected chi connectivity index (χ1v) is 7.94. The van der Waals surface area contributed by atoms with E-state index < -0.39 is 0 Å². The summed E-state index contributed by atoms with van der Waals surface area (Å²) in [6.07, 6.45) is 0. The summed E-state index contributed by atoms with van der Waals surface area (Å²) in [4.78, 5) is 26.8. The highest BCUT2D eigenvalue weighted by atomic mass is 35.5. The molecule has 2 rings (SSSR count). The summed E-state index contributed by atoms with van der Waals surface area (Å²) in [6, 6.07) is 5.33. The molecule has 6 heteroatoms. The minimum atomic E-state index is -0.160. The number of rotatable bonds is 3. The predicted octanol–water partition coefficient (Wildman–Crippen LogP) is 0.722. The number of hydrogen-bond donors (Lipinski definition) is 2. The maximum Gasteiger partial charge on any atom is 0.282 e. The Bertz CT molecular complexity index is 569. The number of carbonyl (C=O) groups is 2. The van der Waals surface area contributed by atoms with E-state index in [0.29, 0.717) is 18.1 Å². The van der Waals surface area contributed by atoms with Crippen LogP contribution in [0.3, 0.4) is 0 Å². The van der Waals surface area contributed by atoms with Crippen LogP contribution in [0.4, 0.5) is 5.69 Å². The lowest BCUT2D eigenvalue weighted by Gasteiger charge is -2.34. The number of anilines is 1. The lowest BCUT2D eigenvalue weighted by Crippen LogP contribution is -3.19. The molecule has 1 aromatic rings. The molecular formula is C16H23ClN3O2+. The SMILES string of the molecule is CC(=O)N1CC[NH+]([C@@H](C)C(=O)Nc2cccc(Cl)c2C)CC1. The van der Waals surface area contributed by atoms with E-state index in [1.807, 2.05) is 36.9 Å². The largest absolute Gasteiger partial charge is 0.332 e. The highest BCUT2D eigenvalue weighted by Crippen LogP contribution is 2.22. The maximum absolute atomic E-state index is 12.4. The van der Waals surface area contributed by atoms with Crippen LogP contribution in [0.2, 0.25) is 5.02 Å². The molecule has 0 aromatic heterocycles. The van der Waals surface area contributed by atoms with Gasteiger partial charge in [-0.2, -0.15) is 0 Å². The smallest absolute Gasteiger partial charge is 0.282 e. The predicted molar refractivity (Wildman–Crippen MR) is 87.2 cm³/mol. The number of halogens is 1. The van der Waals surface area contributed by atoms with E-state index in [0.717, 1.165) is 24.3 Å². The van der Waals surface area contributed by atoms with Gasteiger partial charge in [0.2, 0.25) is 5.91 Å². The number of hydrogen-bond acceptors (Lipinski definition) is 2. The molecule has 0 spiro atoms. The van der Waals surface area contributed by atoms with Gasteiger partial charge in [0.15, 0.2) is 6.04 Å². The van der Waals surface area contributed by atoms with Crippen LogP contribution in [0.1, 0.15) is 19.4 Å². The van der Waals surface area contributed by atoms with E-state index in [4.69, 9.17) is 11.6 Å². The Morgan fingerprint density at radius 1 is 1.32 bits per heavy atom. The first-order chi connectivity index (χ1) is 10.4. The van der Waals surface area contributed by atoms with Crippen molar-refractivity contribution in [1.82, 2.24) is 4.90 Å². The van der Waals surface area contributed by atoms with Crippen molar-refractivity contribution in [2.75, 3.05) is 31.5 Å². The van der Waals surface area contributed by atoms with Crippen molar-refractivity contribution in [1.29, 1.82) is 0 Å². The van der Waals surface area contributed by atoms with Crippen molar-refractivity contribution in [3.05, 3.63) is 28.8 Å². The van der Waals surface area contributed by atoms with Crippen LogP contribution in [0, 0.1) is 6.92 Å². The van der Waals surface area contributed by atoms with E-state index in [1.165, 1.54) is 4.90 Å². The average Bonchev–Trinajstić information content (AvgIpc) is 2.51. The molecule has 120 valence electrons. The third-order valence-corrected chi connectivity index (χ3v) is 4.79. The zero-order chi connectivity index (χ0) is 16.3. The van der Waals surface area contributed by atoms with E-state index >= 15 is 0 Å². The lowest BCUT2D eigenvalue weighted by atomic mass is 10.1. The molecule has 1 heterocycles. The van der Waals surface area contributed by atoms with Gasteiger partial charge in [-0.15, -0.1) is 0 Å². The molecule has 0 aliphatic carbocycles. The van der Waals surface area contributed by atoms with E-state index in [1.54, 1.807) is 6.92 Å². The molecule has 0 saturated carbocycles. The Hall–Kier alpha value is -1.59. The van der Waals surface area contributed by atoms with Crippen LogP contribution in [0.25, 0.3) is 0 Å². The third-order valence-electron chi connectivity index (χ3n) is 4.38. The van der Waals surface area contributed by atoms with Crippen LogP contribution in [0.5, 0.6) is 0 Å². The molecule has 1 aliphatic heterocycles. The van der Waals surface area contributed by atoms with Crippen molar-refractivity contribution in [3.8, 4) is 0 Å². The zero-order valence-corrected chi connectivity index (χ0v) is 14.0. The summed E-state index contributed by atoms with van der Waals surface area (Å²) in [5.41, 5.74) is 1.63. The van der Waals surface area contributed by atoms with Gasteiger partial charge in [-0.3, -0.25) is 9.59 Å². The van der Waals surface area contributed by atoms with Crippen LogP contribution < -0.4 is 10.2 Å². The van der Waals surface area contributed by atoms with E-state index in [-0.39, 0.29) is 17.9 Å². The number of nitrogens with one attached hydrogen (secondary N) is 2. The van der Waals surface area contributed by atoms with Crippen molar-refractivity contribution in [3.63, 3.8) is 0 Å². The fourth-order valence-corrected chi connectivity index (χ4v) is 2.89. The van der Waals surface area contributed by atoms with Gasteiger partial charge in [-0.05, 0) is 31.5 Å². The fourth-order valence-electron chi connectivity index (χ4n) is 2.71. The zero-order valence-electron chi connectivity index (χ0n) is 13.3. The topological polar surface area (TPSA) is 53.9 Å². The molecule has 1 atom stereocenters. The number of nitrogens with zero attached hydrogens (tertiary/aromatic N) is 1. The monoisotopic (exact) mass is 324 g/mol. The van der Waals surface area contributed by atoms with Gasteiger partial charge in [-0.1, -0.05) is 17.7 Å². The molecule has 1 aliphatic rings. The average molecular weight is 325 g/mol. The summed E-state index contributed by atoms with van der Waals surface area (Å²) in [5, 5.41) is 3.60. The first kappa shape index (κ1) is 16.8. The second kappa shape index (κ2) is 7.11. The minimum Gasteiger partial charge on any atom is -0.332 e. The molecule has 1 aromatic carbocycles. The number of quaternary nitrogens is 1. The van der Waals surface area contributed by atoms with Crippen molar-refractivity contribution in [2.45, 2.75) is 26.8 Å². The maximum atomic E-state index is 12.4. The van der Waals surface area contributed by atoms with E-state index in [9.17, 15) is 9.59 Å². The summed E-state index contributed by atoms with van der Waals surface area (Å²) in [6.45, 7) is 8.40. The first-order valence-electron chi connectivity index (χ1n) is 7.56. The lowest BCUT2D eigenvalue weighted by molar-refractivity contribution is -0.917. The number of piperazine rings is 1. The van der Waals surface area contributed by atoms with Gasteiger partial charge in [0.25, 0.3) is 5.91 Å². The Balaban J connectivity index is 1.95. The molecule has 1 saturated heterocycles. The summed E-state index contributed by atoms with van der Waals surface area (Å²) in [5.74, 6) is 0.0855. The Morgan fingerprint density at radius 2 is 1.95 bits per heavy atom. The molecule has 22 heavy (non-hydrogen) atoms. The summed E-state index contributed by atoms with van der Waals surface area (Å²) < 4.78 is 0. The van der Waals surface area contributed by atoms with Gasteiger partial charge >= 0.3 is 0 Å². The summed E-state index contributed by atoms with van der Waals surface area (Å²) >= 11 is 6.08. The normalized spacial score (nSPS) is 17.2. The second-order valence-corrected chi connectivity index (χ2v) is 6.19. The number of amides is 2. The Morgan fingerprint density at radius 3 is 2.55 bits per heavy atom. The van der Waals surface area contributed by atoms with Gasteiger partial charge in [0.05, 0.1) is 26.2 Å². The van der Waals surface area contributed by atoms with Crippen LogP contribution in [-0.2, 0) is 9.59 Å². The van der Waals surface area contributed by atoms with Crippen LogP contribution in [0.15, 0.2) is 18.2 Å². The second-order valence-electron chi connectivity index (χ2n) is 5.79. The summed E-state index contributed by atoms with van der Waals surface area (Å²) in [7, 11) is 0. The van der Waals surface area contributed by atoms with Crippen LogP contribution in [-0.4, -0.2) is 48.9 Å². The number of carbonyl (C=O) groups excluding carboxylic acids is 2. The molecule has 2 amide bonds. The fraction of sp³-hybridized carbons (Fsp3) is 0.500. The standard InChI is InChI=1S/C16H22ClN3O2/c1-11-14(17)5-4-6-15(11)18-16(22)12(2)19-7-9-20(10-8-19)13(3)21/h4-6,12H,7-10H2,1-3H3,(H,18,22)/p+1/t12-/m0/s1. The Kier molecular flexibility index (Phi) is 5.42. The minimum absolute atomic E-state index is 0.0170. The van der Waals surface area contributed by atoms with Crippen molar-refractivity contribution >= 4 is 29.1 Å². The molecular weight excluding hydrogens is 302 g/mol. The van der Waals surface area contributed by atoms with Crippen molar-refractivity contribution < 1.29 is 14.5 Å². The molecule has 0 radical (unpaired) electrons. The van der Waals surface area contributed by atoms with Gasteiger partial charge in [-0.25, -0.2) is 0 Å². The quantitative estimate of drug-likeness (QED) is 0.861. The van der Waals surface area contributed by atoms with Crippen molar-refractivity contribution in [2.24, 2.45) is 0 Å². The molecule has 5 nitrogen and oxygen atoms in total. The number of benzene rings is 1. The Labute approximate surface area is 136 Å². The third kappa shape index (κ3) is 3.78. The highest BCUT2D eigenvalue weighted by Gasteiger charge is 2.30. The highest BCUT2D eigenvalue weighted by molar-refractivity contribution is 6.31. The molecule has 2 N–H and O–H groups in total. The van der Waals surface area contributed by atoms with E-state index in [2.05, 4.69) is 5.32 Å². The van der Waals surface area contributed by atoms with Gasteiger partial charge in [0, 0.05) is 17.6 Å². The molecule has 0 bridgehead atoms.